The van der Waals surface area contributed by atoms with Crippen LogP contribution in [0.2, 0.25) is 0 Å². The Bertz CT molecular complexity index is 463. The number of amidine groups is 1. The van der Waals surface area contributed by atoms with Gasteiger partial charge in [-0.05, 0) is 41.5 Å². The molecule has 17 heavy (non-hydrogen) atoms. The molecule has 3 aliphatic rings. The molecule has 1 unspecified atom stereocenters. The number of hydrogen-bond donors (Lipinski definition) is 0. The van der Waals surface area contributed by atoms with Crippen LogP contribution in [-0.4, -0.2) is 16.1 Å². The van der Waals surface area contributed by atoms with Crippen molar-refractivity contribution in [2.45, 2.75) is 37.4 Å². The van der Waals surface area contributed by atoms with Gasteiger partial charge in [0.2, 0.25) is 0 Å². The van der Waals surface area contributed by atoms with Gasteiger partial charge in [0.25, 0.3) is 0 Å². The Kier molecular flexibility index (Phi) is 3.34. The van der Waals surface area contributed by atoms with Crippen molar-refractivity contribution in [2.24, 2.45) is 8.87 Å². The summed E-state index contributed by atoms with van der Waals surface area (Å²) in [6, 6.07) is 0. The van der Waals surface area contributed by atoms with Crippen LogP contribution in [0.25, 0.3) is 0 Å². The molecule has 1 saturated carbocycles. The van der Waals surface area contributed by atoms with Gasteiger partial charge in [-0.25, -0.2) is 9.40 Å². The third-order valence-electron chi connectivity index (χ3n) is 3.16. The Morgan fingerprint density at radius 1 is 1.35 bits per heavy atom. The fourth-order valence-electron chi connectivity index (χ4n) is 2.24. The van der Waals surface area contributed by atoms with Gasteiger partial charge < -0.3 is 0 Å². The van der Waals surface area contributed by atoms with E-state index in [0.717, 1.165) is 5.84 Å². The van der Waals surface area contributed by atoms with Crippen LogP contribution in [0.3, 0.4) is 0 Å². The van der Waals surface area contributed by atoms with Crippen LogP contribution >= 0.6 is 22.6 Å². The molecule has 1 fully saturated rings. The summed E-state index contributed by atoms with van der Waals surface area (Å²) in [5.41, 5.74) is 0. The Morgan fingerprint density at radius 2 is 2.12 bits per heavy atom. The largest absolute Gasteiger partial charge is 0.211 e. The van der Waals surface area contributed by atoms with Gasteiger partial charge in [0.05, 0.1) is 9.78 Å². The lowest BCUT2D eigenvalue weighted by atomic mass is 10.0. The summed E-state index contributed by atoms with van der Waals surface area (Å²) in [4.78, 5) is 0. The van der Waals surface area contributed by atoms with Crippen molar-refractivity contribution in [2.75, 3.05) is 0 Å². The maximum atomic E-state index is 13.4. The Morgan fingerprint density at radius 3 is 2.88 bits per heavy atom. The van der Waals surface area contributed by atoms with E-state index in [4.69, 9.17) is 0 Å². The molecule has 0 N–H and O–H groups in total. The molecule has 92 valence electrons. The maximum absolute atomic E-state index is 13.4. The highest BCUT2D eigenvalue weighted by molar-refractivity contribution is 14.1. The predicted molar refractivity (Wildman–Crippen MR) is 77.2 cm³/mol. The summed E-state index contributed by atoms with van der Waals surface area (Å²) in [6.45, 7) is 0. The van der Waals surface area contributed by atoms with Crippen molar-refractivity contribution in [3.63, 3.8) is 0 Å². The highest BCUT2D eigenvalue weighted by atomic mass is 127. The summed E-state index contributed by atoms with van der Waals surface area (Å²) < 4.78 is 23.2. The Hall–Kier alpha value is -0.240. The van der Waals surface area contributed by atoms with E-state index < -0.39 is 0 Å². The number of rotatable bonds is 1. The lowest BCUT2D eigenvalue weighted by Crippen LogP contribution is -2.18. The van der Waals surface area contributed by atoms with Crippen molar-refractivity contribution in [1.29, 1.82) is 0 Å². The molecule has 3 rings (SSSR count). The highest BCUT2D eigenvalue weighted by Crippen LogP contribution is 2.31. The van der Waals surface area contributed by atoms with Crippen LogP contribution in [0, 0.1) is 0 Å². The maximum Gasteiger partial charge on any atom is 0.164 e. The van der Waals surface area contributed by atoms with Crippen molar-refractivity contribution in [3.05, 3.63) is 21.7 Å². The molecule has 2 aliphatic heterocycles. The molecule has 0 radical (unpaired) electrons. The van der Waals surface area contributed by atoms with Gasteiger partial charge >= 0.3 is 0 Å². The van der Waals surface area contributed by atoms with E-state index in [-0.39, 0.29) is 16.7 Å². The molecule has 3 nitrogen and oxygen atoms in total. The van der Waals surface area contributed by atoms with Crippen molar-refractivity contribution >= 4 is 39.3 Å². The summed E-state index contributed by atoms with van der Waals surface area (Å²) in [7, 11) is -0.284. The van der Waals surface area contributed by atoms with Crippen LogP contribution in [0.15, 0.2) is 30.6 Å². The number of nitrogens with zero attached hydrogens (tertiary/aromatic N) is 3. The zero-order valence-electron chi connectivity index (χ0n) is 9.27. The van der Waals surface area contributed by atoms with Crippen molar-refractivity contribution < 1.29 is 4.39 Å². The minimum absolute atomic E-state index is 0.220. The molecule has 0 aromatic carbocycles. The molecule has 1 atom stereocenters. The average Bonchev–Trinajstić information content (AvgIpc) is 2.74. The first-order valence-electron chi connectivity index (χ1n) is 5.82. The second-order valence-corrected chi connectivity index (χ2v) is 7.16. The fourth-order valence-corrected chi connectivity index (χ4v) is 4.37. The minimum atomic E-state index is -0.284. The topological polar surface area (TPSA) is 28.0 Å². The normalized spacial score (nSPS) is 29.2. The fraction of sp³-hybridized carbons (Fsp3) is 0.545. The van der Waals surface area contributed by atoms with Crippen molar-refractivity contribution in [1.82, 2.24) is 5.01 Å². The lowest BCUT2D eigenvalue weighted by Gasteiger charge is -2.19. The number of allylic oxidation sites excluding steroid dienone is 2. The van der Waals surface area contributed by atoms with Gasteiger partial charge in [-0.3, -0.25) is 0 Å². The molecule has 0 aromatic rings. The molecule has 0 bridgehead atoms. The summed E-state index contributed by atoms with van der Waals surface area (Å²) >= 11 is 1.99. The predicted octanol–water partition coefficient (Wildman–Crippen LogP) is 3.81. The van der Waals surface area contributed by atoms with Crippen LogP contribution in [0.1, 0.15) is 32.1 Å². The smallest absolute Gasteiger partial charge is 0.164 e. The molecule has 0 amide bonds. The molecule has 0 spiro atoms. The van der Waals surface area contributed by atoms with E-state index in [1.807, 2.05) is 22.6 Å². The highest BCUT2D eigenvalue weighted by Gasteiger charge is 2.27. The third-order valence-corrected chi connectivity index (χ3v) is 5.78. The quantitative estimate of drug-likeness (QED) is 0.650. The molecule has 0 aromatic heterocycles. The van der Waals surface area contributed by atoms with Gasteiger partial charge in [-0.2, -0.15) is 4.40 Å². The average molecular weight is 365 g/mol. The summed E-state index contributed by atoms with van der Waals surface area (Å²) in [6.07, 6.45) is 9.54. The van der Waals surface area contributed by atoms with Gasteiger partial charge in [0.1, 0.15) is 0 Å². The van der Waals surface area contributed by atoms with Gasteiger partial charge in [-0.1, -0.05) is 19.3 Å². The zero-order chi connectivity index (χ0) is 11.8. The second kappa shape index (κ2) is 4.79. The Labute approximate surface area is 116 Å². The Balaban J connectivity index is 1.84. The first-order valence-corrected chi connectivity index (χ1v) is 8.10. The summed E-state index contributed by atoms with van der Waals surface area (Å²) in [5, 5.41) is 2.18. The summed E-state index contributed by atoms with van der Waals surface area (Å²) in [5.74, 6) is 0.576. The van der Waals surface area contributed by atoms with Crippen molar-refractivity contribution in [3.8, 4) is 0 Å². The number of halogens is 2. The first kappa shape index (κ1) is 11.8. The zero-order valence-corrected chi connectivity index (χ0v) is 12.2. The first-order chi connectivity index (χ1) is 8.24. The molecular formula is C11H13FIN3S. The van der Waals surface area contributed by atoms with Gasteiger partial charge in [0.15, 0.2) is 11.7 Å². The molecule has 2 heterocycles. The monoisotopic (exact) mass is 365 g/mol. The number of hydrogen-bond acceptors (Lipinski definition) is 3. The number of fused-ring (bicyclic) bond motifs is 1. The third kappa shape index (κ3) is 2.33. The van der Waals surface area contributed by atoms with Crippen LogP contribution in [-0.2, 0) is 10.9 Å². The van der Waals surface area contributed by atoms with Gasteiger partial charge in [0, 0.05) is 16.1 Å². The van der Waals surface area contributed by atoms with E-state index in [1.165, 1.54) is 38.3 Å². The SMILES string of the molecule is FC1=CN2N=S(C3CCCCC3)N=C2C=C1I. The van der Waals surface area contributed by atoms with Gasteiger partial charge in [-0.15, -0.1) is 4.47 Å². The lowest BCUT2D eigenvalue weighted by molar-refractivity contribution is 0.511. The van der Waals surface area contributed by atoms with E-state index in [0.29, 0.717) is 8.83 Å². The molecule has 1 aliphatic carbocycles. The molecular weight excluding hydrogens is 352 g/mol. The standard InChI is InChI=1S/C11H13FIN3S/c12-9-7-16-11(6-10(9)13)14-17(15-16)8-4-2-1-3-5-8/h6-8H,1-5H2. The molecule has 6 heteroatoms. The molecule has 0 saturated heterocycles. The minimum Gasteiger partial charge on any atom is -0.211 e. The van der Waals surface area contributed by atoms with Crippen LogP contribution in [0.4, 0.5) is 4.39 Å². The van der Waals surface area contributed by atoms with Crippen LogP contribution in [0.5, 0.6) is 0 Å². The van der Waals surface area contributed by atoms with E-state index in [1.54, 1.807) is 11.1 Å². The van der Waals surface area contributed by atoms with Crippen LogP contribution < -0.4 is 0 Å². The van der Waals surface area contributed by atoms with E-state index >= 15 is 0 Å². The van der Waals surface area contributed by atoms with E-state index in [9.17, 15) is 4.39 Å². The second-order valence-electron chi connectivity index (χ2n) is 4.40. The van der Waals surface area contributed by atoms with E-state index in [2.05, 4.69) is 8.87 Å².